The molecule has 0 aromatic carbocycles. The van der Waals surface area contributed by atoms with Gasteiger partial charge in [-0.15, -0.1) is 13.2 Å². The van der Waals surface area contributed by atoms with Crippen molar-refractivity contribution in [3.63, 3.8) is 0 Å². The van der Waals surface area contributed by atoms with Gasteiger partial charge >= 0.3 is 0 Å². The van der Waals surface area contributed by atoms with Gasteiger partial charge in [0, 0.05) is 0 Å². The van der Waals surface area contributed by atoms with Crippen LogP contribution in [0.25, 0.3) is 0 Å². The van der Waals surface area contributed by atoms with Crippen molar-refractivity contribution in [1.82, 2.24) is 0 Å². The molecule has 0 aromatic rings. The lowest BCUT2D eigenvalue weighted by Gasteiger charge is -1.89. The van der Waals surface area contributed by atoms with Gasteiger partial charge in [0.2, 0.25) is 0 Å². The number of hydrogen-bond acceptors (Lipinski definition) is 0. The van der Waals surface area contributed by atoms with Crippen molar-refractivity contribution in [2.45, 2.75) is 33.6 Å². The standard InChI is InChI=1S/C15H22.C2H4/c1-4-7-8-9-10-11-12-14-15(6-3)13-5-2;1-2/h5-10,12-14H,4,11H2,1-3H3;1-2H2/b8-7-,10-9-,13-5-,14-12+,15-6+;. The minimum atomic E-state index is 0.989. The van der Waals surface area contributed by atoms with Crippen molar-refractivity contribution < 1.29 is 0 Å². The molecule has 0 heteroatoms. The van der Waals surface area contributed by atoms with Gasteiger partial charge in [-0.25, -0.2) is 0 Å². The monoisotopic (exact) mass is 230 g/mol. The van der Waals surface area contributed by atoms with E-state index in [0.29, 0.717) is 0 Å². The molecule has 0 aliphatic rings. The van der Waals surface area contributed by atoms with Gasteiger partial charge in [-0.05, 0) is 32.3 Å². The van der Waals surface area contributed by atoms with Crippen LogP contribution in [0.4, 0.5) is 0 Å². The second-order valence-electron chi connectivity index (χ2n) is 3.19. The van der Waals surface area contributed by atoms with Crippen LogP contribution >= 0.6 is 0 Å². The molecule has 0 radical (unpaired) electrons. The third-order valence-corrected chi connectivity index (χ3v) is 1.89. The molecule has 0 amide bonds. The van der Waals surface area contributed by atoms with Gasteiger partial charge in [-0.1, -0.05) is 61.6 Å². The minimum absolute atomic E-state index is 0.989. The Morgan fingerprint density at radius 3 is 2.12 bits per heavy atom. The fraction of sp³-hybridized carbons (Fsp3) is 0.294. The van der Waals surface area contributed by atoms with Gasteiger partial charge in [0.05, 0.1) is 0 Å². The van der Waals surface area contributed by atoms with Gasteiger partial charge in [0.1, 0.15) is 0 Å². The van der Waals surface area contributed by atoms with Crippen molar-refractivity contribution >= 4 is 0 Å². The van der Waals surface area contributed by atoms with Crippen molar-refractivity contribution in [2.75, 3.05) is 0 Å². The minimum Gasteiger partial charge on any atom is -0.106 e. The highest BCUT2D eigenvalue weighted by atomic mass is 13.9. The molecule has 17 heavy (non-hydrogen) atoms. The smallest absolute Gasteiger partial charge is 0.0163 e. The first-order valence-corrected chi connectivity index (χ1v) is 6.12. The van der Waals surface area contributed by atoms with Gasteiger partial charge < -0.3 is 0 Å². The van der Waals surface area contributed by atoms with Crippen LogP contribution in [0.3, 0.4) is 0 Å². The molecule has 0 spiro atoms. The average Bonchev–Trinajstić information content (AvgIpc) is 2.38. The maximum atomic E-state index is 3.00. The van der Waals surface area contributed by atoms with E-state index < -0.39 is 0 Å². The third kappa shape index (κ3) is 14.4. The van der Waals surface area contributed by atoms with E-state index in [1.807, 2.05) is 6.92 Å². The maximum absolute atomic E-state index is 3.00. The van der Waals surface area contributed by atoms with Crippen LogP contribution in [0.15, 0.2) is 73.4 Å². The fourth-order valence-electron chi connectivity index (χ4n) is 1.09. The van der Waals surface area contributed by atoms with Crippen molar-refractivity contribution in [2.24, 2.45) is 0 Å². The first-order valence-electron chi connectivity index (χ1n) is 6.12. The summed E-state index contributed by atoms with van der Waals surface area (Å²) >= 11 is 0. The predicted octanol–water partition coefficient (Wildman–Crippen LogP) is 5.78. The van der Waals surface area contributed by atoms with Crippen LogP contribution in [0.1, 0.15) is 33.6 Å². The molecule has 0 aliphatic heterocycles. The SMILES string of the molecule is C=C.C\C=C/C(/C=C/C/C=C\C=C/CC)=C\C. The first kappa shape index (κ1) is 17.8. The molecule has 0 fully saturated rings. The van der Waals surface area contributed by atoms with Crippen LogP contribution in [-0.4, -0.2) is 0 Å². The summed E-state index contributed by atoms with van der Waals surface area (Å²) < 4.78 is 0. The average molecular weight is 230 g/mol. The van der Waals surface area contributed by atoms with E-state index in [2.05, 4.69) is 81.7 Å². The number of allylic oxidation sites excluding steroid dienone is 10. The Morgan fingerprint density at radius 1 is 0.941 bits per heavy atom. The molecule has 0 heterocycles. The summed E-state index contributed by atoms with van der Waals surface area (Å²) in [6.07, 6.45) is 21.2. The summed E-state index contributed by atoms with van der Waals surface area (Å²) in [6.45, 7) is 12.2. The first-order chi connectivity index (χ1) is 8.35. The van der Waals surface area contributed by atoms with Crippen LogP contribution in [-0.2, 0) is 0 Å². The largest absolute Gasteiger partial charge is 0.106 e. The normalized spacial score (nSPS) is 12.8. The molecule has 0 saturated heterocycles. The van der Waals surface area contributed by atoms with E-state index in [1.54, 1.807) is 0 Å². The lowest BCUT2D eigenvalue weighted by molar-refractivity contribution is 1.22. The number of hydrogen-bond donors (Lipinski definition) is 0. The third-order valence-electron chi connectivity index (χ3n) is 1.89. The summed E-state index contributed by atoms with van der Waals surface area (Å²) in [5, 5.41) is 0. The molecular weight excluding hydrogens is 204 g/mol. The van der Waals surface area contributed by atoms with Crippen LogP contribution in [0.2, 0.25) is 0 Å². The Kier molecular flexibility index (Phi) is 17.7. The Morgan fingerprint density at radius 2 is 1.59 bits per heavy atom. The zero-order chi connectivity index (χ0) is 13.4. The molecular formula is C17H26. The predicted molar refractivity (Wildman–Crippen MR) is 82.2 cm³/mol. The van der Waals surface area contributed by atoms with E-state index in [0.717, 1.165) is 12.8 Å². The van der Waals surface area contributed by atoms with E-state index in [4.69, 9.17) is 0 Å². The zero-order valence-electron chi connectivity index (χ0n) is 11.5. The highest BCUT2D eigenvalue weighted by molar-refractivity contribution is 5.29. The highest BCUT2D eigenvalue weighted by Crippen LogP contribution is 2.00. The van der Waals surface area contributed by atoms with Crippen LogP contribution in [0.5, 0.6) is 0 Å². The van der Waals surface area contributed by atoms with E-state index in [-0.39, 0.29) is 0 Å². The molecule has 0 bridgehead atoms. The summed E-state index contributed by atoms with van der Waals surface area (Å²) in [7, 11) is 0. The molecule has 0 atom stereocenters. The van der Waals surface area contributed by atoms with Crippen molar-refractivity contribution in [3.05, 3.63) is 73.4 Å². The number of rotatable bonds is 6. The second-order valence-corrected chi connectivity index (χ2v) is 3.19. The quantitative estimate of drug-likeness (QED) is 0.401. The van der Waals surface area contributed by atoms with Gasteiger partial charge in [-0.3, -0.25) is 0 Å². The lowest BCUT2D eigenvalue weighted by atomic mass is 10.2. The maximum Gasteiger partial charge on any atom is -0.0163 e. The molecule has 0 nitrogen and oxygen atoms in total. The molecule has 0 unspecified atom stereocenters. The highest BCUT2D eigenvalue weighted by Gasteiger charge is 1.79. The van der Waals surface area contributed by atoms with Gasteiger partial charge in [-0.2, -0.15) is 0 Å². The molecule has 0 rings (SSSR count). The lowest BCUT2D eigenvalue weighted by Crippen LogP contribution is -1.68. The van der Waals surface area contributed by atoms with Gasteiger partial charge in [0.15, 0.2) is 0 Å². The molecule has 0 N–H and O–H groups in total. The summed E-state index contributed by atoms with van der Waals surface area (Å²) in [5.41, 5.74) is 1.26. The Hall–Kier alpha value is -1.56. The molecule has 0 saturated carbocycles. The van der Waals surface area contributed by atoms with Crippen LogP contribution < -0.4 is 0 Å². The molecule has 94 valence electrons. The summed E-state index contributed by atoms with van der Waals surface area (Å²) in [6, 6.07) is 0. The van der Waals surface area contributed by atoms with Crippen molar-refractivity contribution in [1.29, 1.82) is 0 Å². The molecule has 0 aromatic heterocycles. The van der Waals surface area contributed by atoms with E-state index in [9.17, 15) is 0 Å². The van der Waals surface area contributed by atoms with E-state index in [1.165, 1.54) is 5.57 Å². The summed E-state index contributed by atoms with van der Waals surface area (Å²) in [4.78, 5) is 0. The van der Waals surface area contributed by atoms with Gasteiger partial charge in [0.25, 0.3) is 0 Å². The summed E-state index contributed by atoms with van der Waals surface area (Å²) in [5.74, 6) is 0. The van der Waals surface area contributed by atoms with Crippen molar-refractivity contribution in [3.8, 4) is 0 Å². The Balaban J connectivity index is 0. The Bertz CT molecular complexity index is 285. The van der Waals surface area contributed by atoms with Crippen LogP contribution in [0, 0.1) is 0 Å². The Labute approximate surface area is 107 Å². The van der Waals surface area contributed by atoms with E-state index >= 15 is 0 Å². The fourth-order valence-corrected chi connectivity index (χ4v) is 1.09. The zero-order valence-corrected chi connectivity index (χ0v) is 11.5. The second kappa shape index (κ2) is 16.9. The molecule has 0 aliphatic carbocycles. The topological polar surface area (TPSA) is 0 Å².